The zero-order valence-electron chi connectivity index (χ0n) is 11.9. The van der Waals surface area contributed by atoms with E-state index in [1.54, 1.807) is 47.3 Å². The lowest BCUT2D eigenvalue weighted by atomic mass is 10.2. The van der Waals surface area contributed by atoms with Crippen LogP contribution in [0.5, 0.6) is 0 Å². The van der Waals surface area contributed by atoms with Gasteiger partial charge in [-0.3, -0.25) is 9.78 Å². The van der Waals surface area contributed by atoms with Crippen molar-refractivity contribution in [2.24, 2.45) is 0 Å². The molecule has 0 atom stereocenters. The summed E-state index contributed by atoms with van der Waals surface area (Å²) in [5.41, 5.74) is 2.84. The van der Waals surface area contributed by atoms with Gasteiger partial charge in [0.25, 0.3) is 5.91 Å². The molecule has 3 rings (SSSR count). The summed E-state index contributed by atoms with van der Waals surface area (Å²) in [4.78, 5) is 22.6. The summed E-state index contributed by atoms with van der Waals surface area (Å²) in [6, 6.07) is 5.57. The second-order valence-corrected chi connectivity index (χ2v) is 4.86. The first kappa shape index (κ1) is 13.2. The zero-order chi connectivity index (χ0) is 14.8. The molecule has 6 heteroatoms. The van der Waals surface area contributed by atoms with E-state index in [2.05, 4.69) is 15.1 Å². The van der Waals surface area contributed by atoms with Crippen LogP contribution in [-0.2, 0) is 6.54 Å². The van der Waals surface area contributed by atoms with E-state index in [4.69, 9.17) is 0 Å². The molecule has 1 amide bonds. The largest absolute Gasteiger partial charge is 0.337 e. The predicted molar refractivity (Wildman–Crippen MR) is 77.8 cm³/mol. The molecule has 0 aliphatic carbocycles. The molecule has 0 saturated heterocycles. The highest BCUT2D eigenvalue weighted by molar-refractivity contribution is 6.00. The van der Waals surface area contributed by atoms with E-state index in [0.29, 0.717) is 23.4 Å². The molecule has 3 aromatic heterocycles. The molecule has 0 aliphatic rings. The van der Waals surface area contributed by atoms with Crippen molar-refractivity contribution in [1.82, 2.24) is 24.5 Å². The topological polar surface area (TPSA) is 63.4 Å². The lowest BCUT2D eigenvalue weighted by molar-refractivity contribution is 0.0786. The quantitative estimate of drug-likeness (QED) is 0.733. The van der Waals surface area contributed by atoms with Gasteiger partial charge in [-0.1, -0.05) is 0 Å². The summed E-state index contributed by atoms with van der Waals surface area (Å²) < 4.78 is 1.63. The standard InChI is InChI=1S/C15H15N5O/c1-11-13(14-17-6-3-9-20(14)18-11)15(21)19(2)10-12-4-7-16-8-5-12/h3-9H,10H2,1-2H3. The maximum Gasteiger partial charge on any atom is 0.259 e. The van der Waals surface area contributed by atoms with Gasteiger partial charge in [-0.05, 0) is 30.7 Å². The van der Waals surface area contributed by atoms with Crippen LogP contribution in [-0.4, -0.2) is 37.4 Å². The number of carbonyl (C=O) groups is 1. The SMILES string of the molecule is Cc1nn2cccnc2c1C(=O)N(C)Cc1ccncc1. The second-order valence-electron chi connectivity index (χ2n) is 4.86. The number of fused-ring (bicyclic) bond motifs is 1. The molecule has 0 spiro atoms. The Labute approximate surface area is 122 Å². The highest BCUT2D eigenvalue weighted by Crippen LogP contribution is 2.16. The van der Waals surface area contributed by atoms with Crippen molar-refractivity contribution in [3.05, 3.63) is 59.8 Å². The number of amides is 1. The molecule has 6 nitrogen and oxygen atoms in total. The third-order valence-electron chi connectivity index (χ3n) is 3.30. The van der Waals surface area contributed by atoms with Crippen molar-refractivity contribution in [1.29, 1.82) is 0 Å². The van der Waals surface area contributed by atoms with Crippen molar-refractivity contribution in [2.45, 2.75) is 13.5 Å². The van der Waals surface area contributed by atoms with Crippen LogP contribution in [0.2, 0.25) is 0 Å². The first-order valence-electron chi connectivity index (χ1n) is 6.61. The smallest absolute Gasteiger partial charge is 0.259 e. The van der Waals surface area contributed by atoms with Gasteiger partial charge in [0.1, 0.15) is 5.56 Å². The molecule has 0 N–H and O–H groups in total. The third kappa shape index (κ3) is 2.47. The minimum Gasteiger partial charge on any atom is -0.337 e. The average Bonchev–Trinajstić information content (AvgIpc) is 2.83. The molecule has 0 saturated carbocycles. The van der Waals surface area contributed by atoms with Crippen LogP contribution >= 0.6 is 0 Å². The van der Waals surface area contributed by atoms with Gasteiger partial charge in [0, 0.05) is 38.4 Å². The first-order chi connectivity index (χ1) is 10.2. The molecule has 0 aromatic carbocycles. The fourth-order valence-electron chi connectivity index (χ4n) is 2.27. The Balaban J connectivity index is 1.91. The van der Waals surface area contributed by atoms with Gasteiger partial charge < -0.3 is 4.90 Å². The monoisotopic (exact) mass is 281 g/mol. The highest BCUT2D eigenvalue weighted by atomic mass is 16.2. The number of nitrogens with zero attached hydrogens (tertiary/aromatic N) is 5. The van der Waals surface area contributed by atoms with Crippen LogP contribution < -0.4 is 0 Å². The summed E-state index contributed by atoms with van der Waals surface area (Å²) in [6.45, 7) is 2.34. The van der Waals surface area contributed by atoms with Crippen molar-refractivity contribution >= 4 is 11.6 Å². The lowest BCUT2D eigenvalue weighted by Gasteiger charge is -2.16. The maximum absolute atomic E-state index is 12.7. The van der Waals surface area contributed by atoms with E-state index in [0.717, 1.165) is 5.56 Å². The number of hydrogen-bond acceptors (Lipinski definition) is 4. The van der Waals surface area contributed by atoms with Gasteiger partial charge in [-0.15, -0.1) is 0 Å². The lowest BCUT2D eigenvalue weighted by Crippen LogP contribution is -2.26. The second kappa shape index (κ2) is 5.32. The van der Waals surface area contributed by atoms with Crippen molar-refractivity contribution < 1.29 is 4.79 Å². The van der Waals surface area contributed by atoms with Gasteiger partial charge >= 0.3 is 0 Å². The first-order valence-corrected chi connectivity index (χ1v) is 6.61. The highest BCUT2D eigenvalue weighted by Gasteiger charge is 2.21. The van der Waals surface area contributed by atoms with E-state index in [1.807, 2.05) is 19.1 Å². The number of carbonyl (C=O) groups excluding carboxylic acids is 1. The fraction of sp³-hybridized carbons (Fsp3) is 0.200. The molecule has 0 aliphatic heterocycles. The molecule has 0 unspecified atom stereocenters. The molecule has 0 fully saturated rings. The number of aromatic nitrogens is 4. The summed E-state index contributed by atoms with van der Waals surface area (Å²) in [5.74, 6) is -0.0852. The normalized spacial score (nSPS) is 10.8. The Morgan fingerprint density at radius 3 is 2.81 bits per heavy atom. The van der Waals surface area contributed by atoms with Crippen LogP contribution in [0.1, 0.15) is 21.6 Å². The molecule has 106 valence electrons. The Bertz CT molecular complexity index is 781. The van der Waals surface area contributed by atoms with Gasteiger partial charge in [0.15, 0.2) is 5.65 Å². The van der Waals surface area contributed by atoms with Crippen LogP contribution in [0, 0.1) is 6.92 Å². The van der Waals surface area contributed by atoms with E-state index < -0.39 is 0 Å². The van der Waals surface area contributed by atoms with Crippen LogP contribution in [0.3, 0.4) is 0 Å². The van der Waals surface area contributed by atoms with Gasteiger partial charge in [-0.25, -0.2) is 9.50 Å². The minimum atomic E-state index is -0.0852. The number of hydrogen-bond donors (Lipinski definition) is 0. The summed E-state index contributed by atoms with van der Waals surface area (Å²) in [5, 5.41) is 4.32. The Morgan fingerprint density at radius 2 is 2.05 bits per heavy atom. The van der Waals surface area contributed by atoms with E-state index in [-0.39, 0.29) is 5.91 Å². The minimum absolute atomic E-state index is 0.0852. The van der Waals surface area contributed by atoms with E-state index in [9.17, 15) is 4.79 Å². The Kier molecular flexibility index (Phi) is 3.35. The van der Waals surface area contributed by atoms with E-state index >= 15 is 0 Å². The molecule has 21 heavy (non-hydrogen) atoms. The number of rotatable bonds is 3. The van der Waals surface area contributed by atoms with Gasteiger partial charge in [0.2, 0.25) is 0 Å². The summed E-state index contributed by atoms with van der Waals surface area (Å²) >= 11 is 0. The predicted octanol–water partition coefficient (Wildman–Crippen LogP) is 1.70. The number of pyridine rings is 1. The molecular formula is C15H15N5O. The molecule has 3 aromatic rings. The fourth-order valence-corrected chi connectivity index (χ4v) is 2.27. The third-order valence-corrected chi connectivity index (χ3v) is 3.30. The summed E-state index contributed by atoms with van der Waals surface area (Å²) in [7, 11) is 1.77. The van der Waals surface area contributed by atoms with Crippen LogP contribution in [0.4, 0.5) is 0 Å². The van der Waals surface area contributed by atoms with Crippen LogP contribution in [0.25, 0.3) is 5.65 Å². The molecule has 0 bridgehead atoms. The van der Waals surface area contributed by atoms with Crippen molar-refractivity contribution in [2.75, 3.05) is 7.05 Å². The van der Waals surface area contributed by atoms with Crippen molar-refractivity contribution in [3.8, 4) is 0 Å². The Morgan fingerprint density at radius 1 is 1.29 bits per heavy atom. The van der Waals surface area contributed by atoms with Crippen LogP contribution in [0.15, 0.2) is 43.0 Å². The summed E-state index contributed by atoms with van der Waals surface area (Å²) in [6.07, 6.45) is 6.89. The van der Waals surface area contributed by atoms with Gasteiger partial charge in [-0.2, -0.15) is 5.10 Å². The molecule has 0 radical (unpaired) electrons. The van der Waals surface area contributed by atoms with Gasteiger partial charge in [0.05, 0.1) is 5.69 Å². The number of aryl methyl sites for hydroxylation is 1. The molecule has 3 heterocycles. The van der Waals surface area contributed by atoms with Crippen molar-refractivity contribution in [3.63, 3.8) is 0 Å². The van der Waals surface area contributed by atoms with E-state index in [1.165, 1.54) is 0 Å². The average molecular weight is 281 g/mol. The molecular weight excluding hydrogens is 266 g/mol. The Hall–Kier alpha value is -2.76. The maximum atomic E-state index is 12.7. The zero-order valence-corrected chi connectivity index (χ0v) is 11.9.